The average Bonchev–Trinajstić information content (AvgIpc) is 3.22. The molecule has 1 heterocycles. The molecule has 28 heavy (non-hydrogen) atoms. The Labute approximate surface area is 158 Å². The standard InChI is InChI=1S/C18H15F2N5O3/c19-13-7-4-8-14(20)17(13)22-16(26)10-28-18(27)15(25-11-21-23-24-25)9-12-5-2-1-3-6-12/h1-8,11,15H,9-10H2,(H,22,26)/t15-/m0/s1. The average molecular weight is 387 g/mol. The molecule has 3 rings (SSSR count). The lowest BCUT2D eigenvalue weighted by atomic mass is 10.1. The maximum absolute atomic E-state index is 13.6. The van der Waals surface area contributed by atoms with E-state index in [1.807, 2.05) is 35.6 Å². The largest absolute Gasteiger partial charge is 0.454 e. The summed E-state index contributed by atoms with van der Waals surface area (Å²) < 4.78 is 33.4. The Morgan fingerprint density at radius 1 is 1.07 bits per heavy atom. The van der Waals surface area contributed by atoms with Gasteiger partial charge in [-0.25, -0.2) is 18.3 Å². The predicted molar refractivity (Wildman–Crippen MR) is 92.9 cm³/mol. The number of carbonyl (C=O) groups is 2. The second-order valence-electron chi connectivity index (χ2n) is 5.75. The summed E-state index contributed by atoms with van der Waals surface area (Å²) in [5.74, 6) is -3.52. The molecule has 0 bridgehead atoms. The van der Waals surface area contributed by atoms with E-state index in [-0.39, 0.29) is 6.42 Å². The van der Waals surface area contributed by atoms with Crippen molar-refractivity contribution < 1.29 is 23.1 Å². The van der Waals surface area contributed by atoms with Crippen LogP contribution < -0.4 is 5.32 Å². The molecule has 3 aromatic rings. The van der Waals surface area contributed by atoms with Crippen LogP contribution in [-0.2, 0) is 20.7 Å². The topological polar surface area (TPSA) is 99.0 Å². The molecule has 0 spiro atoms. The van der Waals surface area contributed by atoms with Gasteiger partial charge in [0.1, 0.15) is 23.6 Å². The molecule has 0 aliphatic heterocycles. The number of anilines is 1. The van der Waals surface area contributed by atoms with Crippen molar-refractivity contribution >= 4 is 17.6 Å². The van der Waals surface area contributed by atoms with Gasteiger partial charge < -0.3 is 10.1 Å². The van der Waals surface area contributed by atoms with E-state index in [1.165, 1.54) is 17.1 Å². The van der Waals surface area contributed by atoms with Crippen molar-refractivity contribution in [2.75, 3.05) is 11.9 Å². The molecule has 0 aliphatic rings. The van der Waals surface area contributed by atoms with E-state index in [1.54, 1.807) is 0 Å². The van der Waals surface area contributed by atoms with Crippen molar-refractivity contribution in [2.45, 2.75) is 12.5 Å². The highest BCUT2D eigenvalue weighted by molar-refractivity contribution is 5.93. The van der Waals surface area contributed by atoms with Gasteiger partial charge in [-0.2, -0.15) is 0 Å². The van der Waals surface area contributed by atoms with Crippen LogP contribution in [-0.4, -0.2) is 38.7 Å². The van der Waals surface area contributed by atoms with Crippen LogP contribution in [0.15, 0.2) is 54.9 Å². The van der Waals surface area contributed by atoms with Crippen LogP contribution in [0.2, 0.25) is 0 Å². The Kier molecular flexibility index (Phi) is 6.00. The Balaban J connectivity index is 1.64. The minimum atomic E-state index is -0.935. The number of tetrazole rings is 1. The molecule has 1 aromatic heterocycles. The van der Waals surface area contributed by atoms with Crippen LogP contribution in [0, 0.1) is 11.6 Å². The monoisotopic (exact) mass is 387 g/mol. The normalized spacial score (nSPS) is 11.6. The number of nitrogens with zero attached hydrogens (tertiary/aromatic N) is 4. The molecule has 0 aliphatic carbocycles. The van der Waals surface area contributed by atoms with Gasteiger partial charge in [0.05, 0.1) is 0 Å². The fourth-order valence-electron chi connectivity index (χ4n) is 2.46. The Hall–Kier alpha value is -3.69. The zero-order valence-electron chi connectivity index (χ0n) is 14.5. The summed E-state index contributed by atoms with van der Waals surface area (Å²) in [6, 6.07) is 11.4. The minimum absolute atomic E-state index is 0.230. The van der Waals surface area contributed by atoms with Crippen molar-refractivity contribution in [1.82, 2.24) is 20.2 Å². The summed E-state index contributed by atoms with van der Waals surface area (Å²) in [5, 5.41) is 12.7. The highest BCUT2D eigenvalue weighted by Gasteiger charge is 2.25. The van der Waals surface area contributed by atoms with Crippen LogP contribution in [0.5, 0.6) is 0 Å². The van der Waals surface area contributed by atoms with Crippen molar-refractivity contribution in [3.05, 3.63) is 72.1 Å². The zero-order valence-corrected chi connectivity index (χ0v) is 14.5. The second-order valence-corrected chi connectivity index (χ2v) is 5.75. The maximum atomic E-state index is 13.6. The SMILES string of the molecule is O=C(COC(=O)[C@H](Cc1ccccc1)n1cnnn1)Nc1c(F)cccc1F. The molecule has 144 valence electrons. The minimum Gasteiger partial charge on any atom is -0.454 e. The molecule has 0 unspecified atom stereocenters. The number of nitrogens with one attached hydrogen (secondary N) is 1. The number of hydrogen-bond acceptors (Lipinski definition) is 6. The summed E-state index contributed by atoms with van der Waals surface area (Å²) in [7, 11) is 0. The van der Waals surface area contributed by atoms with Crippen LogP contribution in [0.1, 0.15) is 11.6 Å². The van der Waals surface area contributed by atoms with Crippen molar-refractivity contribution in [1.29, 1.82) is 0 Å². The molecule has 0 radical (unpaired) electrons. The third-order valence-electron chi connectivity index (χ3n) is 3.80. The van der Waals surface area contributed by atoms with E-state index in [4.69, 9.17) is 4.74 Å². The first-order valence-corrected chi connectivity index (χ1v) is 8.21. The number of amides is 1. The molecular formula is C18H15F2N5O3. The van der Waals surface area contributed by atoms with Crippen molar-refractivity contribution in [3.63, 3.8) is 0 Å². The summed E-state index contributed by atoms with van der Waals surface area (Å²) in [6.45, 7) is -0.722. The van der Waals surface area contributed by atoms with E-state index >= 15 is 0 Å². The van der Waals surface area contributed by atoms with Gasteiger partial charge in [-0.3, -0.25) is 4.79 Å². The van der Waals surface area contributed by atoms with Crippen LogP contribution >= 0.6 is 0 Å². The summed E-state index contributed by atoms with van der Waals surface area (Å²) in [4.78, 5) is 24.4. The van der Waals surface area contributed by atoms with Gasteiger partial charge in [0, 0.05) is 6.42 Å². The van der Waals surface area contributed by atoms with Gasteiger partial charge in [-0.05, 0) is 28.1 Å². The molecule has 10 heteroatoms. The summed E-state index contributed by atoms with van der Waals surface area (Å²) >= 11 is 0. The lowest BCUT2D eigenvalue weighted by Crippen LogP contribution is -2.28. The highest BCUT2D eigenvalue weighted by Crippen LogP contribution is 2.18. The third kappa shape index (κ3) is 4.72. The first kappa shape index (κ1) is 19.1. The first-order valence-electron chi connectivity index (χ1n) is 8.21. The highest BCUT2D eigenvalue weighted by atomic mass is 19.1. The van der Waals surface area contributed by atoms with E-state index in [0.717, 1.165) is 17.7 Å². The number of ether oxygens (including phenoxy) is 1. The molecule has 2 aromatic carbocycles. The summed E-state index contributed by atoms with van der Waals surface area (Å²) in [6.07, 6.45) is 1.48. The first-order chi connectivity index (χ1) is 13.5. The number of halogens is 2. The van der Waals surface area contributed by atoms with Gasteiger partial charge in [0.2, 0.25) is 0 Å². The molecular weight excluding hydrogens is 372 g/mol. The fourth-order valence-corrected chi connectivity index (χ4v) is 2.46. The lowest BCUT2D eigenvalue weighted by Gasteiger charge is -2.15. The van der Waals surface area contributed by atoms with Gasteiger partial charge in [-0.1, -0.05) is 36.4 Å². The number of rotatable bonds is 7. The van der Waals surface area contributed by atoms with Crippen LogP contribution in [0.25, 0.3) is 0 Å². The van der Waals surface area contributed by atoms with Crippen LogP contribution in [0.4, 0.5) is 14.5 Å². The van der Waals surface area contributed by atoms with Crippen LogP contribution in [0.3, 0.4) is 0 Å². The number of hydrogen-bond donors (Lipinski definition) is 1. The van der Waals surface area contributed by atoms with Gasteiger partial charge >= 0.3 is 5.97 Å². The van der Waals surface area contributed by atoms with Gasteiger partial charge in [-0.15, -0.1) is 5.10 Å². The van der Waals surface area contributed by atoms with E-state index < -0.39 is 41.8 Å². The number of esters is 1. The fraction of sp³-hybridized carbons (Fsp3) is 0.167. The quantitative estimate of drug-likeness (QED) is 0.622. The summed E-state index contributed by atoms with van der Waals surface area (Å²) in [5.41, 5.74) is 0.225. The van der Waals surface area contributed by atoms with Crippen molar-refractivity contribution in [3.8, 4) is 0 Å². The molecule has 1 atom stereocenters. The Morgan fingerprint density at radius 3 is 2.43 bits per heavy atom. The molecule has 1 amide bonds. The zero-order chi connectivity index (χ0) is 19.9. The van der Waals surface area contributed by atoms with Crippen molar-refractivity contribution in [2.24, 2.45) is 0 Å². The second kappa shape index (κ2) is 8.80. The smallest absolute Gasteiger partial charge is 0.331 e. The van der Waals surface area contributed by atoms with E-state index in [2.05, 4.69) is 15.5 Å². The molecule has 0 saturated heterocycles. The predicted octanol–water partition coefficient (Wildman–Crippen LogP) is 1.92. The van der Waals surface area contributed by atoms with Gasteiger partial charge in [0.15, 0.2) is 12.6 Å². The molecule has 8 nitrogen and oxygen atoms in total. The van der Waals surface area contributed by atoms with Gasteiger partial charge in [0.25, 0.3) is 5.91 Å². The number of benzene rings is 2. The van der Waals surface area contributed by atoms with E-state index in [0.29, 0.717) is 0 Å². The number of carbonyl (C=O) groups excluding carboxylic acids is 2. The van der Waals surface area contributed by atoms with E-state index in [9.17, 15) is 18.4 Å². The molecule has 0 fully saturated rings. The third-order valence-corrected chi connectivity index (χ3v) is 3.80. The molecule has 1 N–H and O–H groups in total. The molecule has 0 saturated carbocycles. The lowest BCUT2D eigenvalue weighted by molar-refractivity contribution is -0.151. The Morgan fingerprint density at radius 2 is 1.79 bits per heavy atom. The number of aromatic nitrogens is 4. The number of para-hydroxylation sites is 1. The maximum Gasteiger partial charge on any atom is 0.331 e. The Bertz CT molecular complexity index is 931.